The van der Waals surface area contributed by atoms with Gasteiger partial charge in [0.2, 0.25) is 0 Å². The Morgan fingerprint density at radius 3 is 2.92 bits per heavy atom. The lowest BCUT2D eigenvalue weighted by Gasteiger charge is -2.17. The number of ether oxygens (including phenoxy) is 1. The third-order valence-electron chi connectivity index (χ3n) is 2.53. The molecule has 0 aliphatic carbocycles. The first-order valence-corrected chi connectivity index (χ1v) is 5.12. The topological polar surface area (TPSA) is 29.5 Å². The number of likely N-dealkylation sites (tertiary alicyclic amines) is 1. The highest BCUT2D eigenvalue weighted by atomic mass is 16.5. The normalized spacial score (nSPS) is 23.4. The van der Waals surface area contributed by atoms with Crippen molar-refractivity contribution in [1.29, 1.82) is 0 Å². The van der Waals surface area contributed by atoms with Crippen LogP contribution in [0.5, 0.6) is 0 Å². The minimum Gasteiger partial charge on any atom is -0.465 e. The van der Waals surface area contributed by atoms with Gasteiger partial charge in [0.15, 0.2) is 0 Å². The van der Waals surface area contributed by atoms with Crippen LogP contribution >= 0.6 is 0 Å². The zero-order valence-corrected chi connectivity index (χ0v) is 8.58. The second kappa shape index (κ2) is 5.22. The van der Waals surface area contributed by atoms with Gasteiger partial charge >= 0.3 is 5.97 Å². The molecule has 3 heteroatoms. The SMILES string of the molecule is CCCCOC(=O)[C@H]1CCCN1C. The van der Waals surface area contributed by atoms with Crippen molar-refractivity contribution < 1.29 is 9.53 Å². The highest BCUT2D eigenvalue weighted by Gasteiger charge is 2.28. The molecule has 0 aromatic carbocycles. The Balaban J connectivity index is 2.22. The van der Waals surface area contributed by atoms with Crippen molar-refractivity contribution in [3.05, 3.63) is 0 Å². The van der Waals surface area contributed by atoms with Crippen molar-refractivity contribution in [1.82, 2.24) is 4.90 Å². The number of hydrogen-bond donors (Lipinski definition) is 0. The molecule has 0 amide bonds. The molecule has 1 aliphatic rings. The summed E-state index contributed by atoms with van der Waals surface area (Å²) in [6, 6.07) is 0.0249. The molecule has 1 rings (SSSR count). The van der Waals surface area contributed by atoms with Crippen LogP contribution in [0.4, 0.5) is 0 Å². The van der Waals surface area contributed by atoms with Gasteiger partial charge in [0, 0.05) is 0 Å². The summed E-state index contributed by atoms with van der Waals surface area (Å²) in [7, 11) is 1.98. The maximum atomic E-state index is 11.5. The Bertz CT molecular complexity index is 170. The van der Waals surface area contributed by atoms with E-state index in [1.165, 1.54) is 0 Å². The summed E-state index contributed by atoms with van der Waals surface area (Å²) < 4.78 is 5.16. The quantitative estimate of drug-likeness (QED) is 0.490. The van der Waals surface area contributed by atoms with Crippen molar-refractivity contribution in [2.45, 2.75) is 38.6 Å². The van der Waals surface area contributed by atoms with E-state index in [1.807, 2.05) is 7.05 Å². The fraction of sp³-hybridized carbons (Fsp3) is 0.900. The van der Waals surface area contributed by atoms with Gasteiger partial charge in [0.1, 0.15) is 6.04 Å². The maximum Gasteiger partial charge on any atom is 0.323 e. The van der Waals surface area contributed by atoms with Crippen LogP contribution in [0, 0.1) is 0 Å². The summed E-state index contributed by atoms with van der Waals surface area (Å²) in [4.78, 5) is 13.5. The van der Waals surface area contributed by atoms with Crippen LogP contribution in [0.2, 0.25) is 0 Å². The summed E-state index contributed by atoms with van der Waals surface area (Å²) in [5.74, 6) is -0.0338. The van der Waals surface area contributed by atoms with Crippen molar-refractivity contribution in [2.75, 3.05) is 20.2 Å². The average Bonchev–Trinajstić information content (AvgIpc) is 2.52. The van der Waals surface area contributed by atoms with Gasteiger partial charge < -0.3 is 4.74 Å². The van der Waals surface area contributed by atoms with Crippen LogP contribution in [0.25, 0.3) is 0 Å². The third-order valence-corrected chi connectivity index (χ3v) is 2.53. The van der Waals surface area contributed by atoms with Crippen molar-refractivity contribution in [3.8, 4) is 0 Å². The zero-order chi connectivity index (χ0) is 9.68. The first-order chi connectivity index (χ1) is 6.25. The lowest BCUT2D eigenvalue weighted by molar-refractivity contribution is -0.148. The van der Waals surface area contributed by atoms with Gasteiger partial charge in [0.05, 0.1) is 6.61 Å². The molecular weight excluding hydrogens is 166 g/mol. The van der Waals surface area contributed by atoms with Crippen LogP contribution in [-0.4, -0.2) is 37.1 Å². The van der Waals surface area contributed by atoms with E-state index in [0.717, 1.165) is 32.2 Å². The fourth-order valence-electron chi connectivity index (χ4n) is 1.62. The number of nitrogens with zero attached hydrogens (tertiary/aromatic N) is 1. The Morgan fingerprint density at radius 1 is 1.62 bits per heavy atom. The summed E-state index contributed by atoms with van der Waals surface area (Å²) in [6.45, 7) is 3.70. The predicted molar refractivity (Wildman–Crippen MR) is 51.5 cm³/mol. The number of rotatable bonds is 4. The van der Waals surface area contributed by atoms with Gasteiger partial charge in [-0.15, -0.1) is 0 Å². The summed E-state index contributed by atoms with van der Waals surface area (Å²) in [5, 5.41) is 0. The fourth-order valence-corrected chi connectivity index (χ4v) is 1.62. The molecule has 0 saturated carbocycles. The van der Waals surface area contributed by atoms with Crippen LogP contribution < -0.4 is 0 Å². The minimum absolute atomic E-state index is 0.0249. The number of hydrogen-bond acceptors (Lipinski definition) is 3. The van der Waals surface area contributed by atoms with Gasteiger partial charge in [0.25, 0.3) is 0 Å². The molecule has 0 aromatic heterocycles. The largest absolute Gasteiger partial charge is 0.465 e. The number of likely N-dealkylation sites (N-methyl/N-ethyl adjacent to an activating group) is 1. The Labute approximate surface area is 80.1 Å². The van der Waals surface area contributed by atoms with E-state index >= 15 is 0 Å². The molecule has 1 atom stereocenters. The molecule has 0 N–H and O–H groups in total. The van der Waals surface area contributed by atoms with Crippen molar-refractivity contribution in [3.63, 3.8) is 0 Å². The number of carbonyl (C=O) groups excluding carboxylic acids is 1. The van der Waals surface area contributed by atoms with E-state index in [9.17, 15) is 4.79 Å². The molecule has 0 aromatic rings. The molecule has 1 saturated heterocycles. The second-order valence-electron chi connectivity index (χ2n) is 3.66. The molecule has 3 nitrogen and oxygen atoms in total. The van der Waals surface area contributed by atoms with E-state index in [0.29, 0.717) is 6.61 Å². The number of carbonyl (C=O) groups is 1. The average molecular weight is 185 g/mol. The van der Waals surface area contributed by atoms with Crippen molar-refractivity contribution >= 4 is 5.97 Å². The Kier molecular flexibility index (Phi) is 4.22. The maximum absolute atomic E-state index is 11.5. The van der Waals surface area contributed by atoms with E-state index < -0.39 is 0 Å². The highest BCUT2D eigenvalue weighted by molar-refractivity contribution is 5.76. The van der Waals surface area contributed by atoms with Gasteiger partial charge in [-0.3, -0.25) is 9.69 Å². The van der Waals surface area contributed by atoms with Crippen LogP contribution in [0.3, 0.4) is 0 Å². The molecular formula is C10H19NO2. The van der Waals surface area contributed by atoms with Crippen LogP contribution in [-0.2, 0) is 9.53 Å². The molecule has 1 fully saturated rings. The molecule has 1 aliphatic heterocycles. The van der Waals surface area contributed by atoms with Gasteiger partial charge in [-0.1, -0.05) is 13.3 Å². The van der Waals surface area contributed by atoms with E-state index in [-0.39, 0.29) is 12.0 Å². The second-order valence-corrected chi connectivity index (χ2v) is 3.66. The van der Waals surface area contributed by atoms with Gasteiger partial charge in [-0.2, -0.15) is 0 Å². The predicted octanol–water partition coefficient (Wildman–Crippen LogP) is 1.42. The number of esters is 1. The summed E-state index contributed by atoms with van der Waals surface area (Å²) >= 11 is 0. The first kappa shape index (κ1) is 10.5. The molecule has 13 heavy (non-hydrogen) atoms. The summed E-state index contributed by atoms with van der Waals surface area (Å²) in [5.41, 5.74) is 0. The van der Waals surface area contributed by atoms with Gasteiger partial charge in [-0.25, -0.2) is 0 Å². The number of unbranched alkanes of at least 4 members (excludes halogenated alkanes) is 1. The molecule has 0 spiro atoms. The van der Waals surface area contributed by atoms with Gasteiger partial charge in [-0.05, 0) is 32.9 Å². The monoisotopic (exact) mass is 185 g/mol. The van der Waals surface area contributed by atoms with Crippen molar-refractivity contribution in [2.24, 2.45) is 0 Å². The highest BCUT2D eigenvalue weighted by Crippen LogP contribution is 2.15. The Hall–Kier alpha value is -0.570. The van der Waals surface area contributed by atoms with Crippen LogP contribution in [0.15, 0.2) is 0 Å². The van der Waals surface area contributed by atoms with Crippen LogP contribution in [0.1, 0.15) is 32.6 Å². The molecule has 0 unspecified atom stereocenters. The Morgan fingerprint density at radius 2 is 2.38 bits per heavy atom. The summed E-state index contributed by atoms with van der Waals surface area (Å²) in [6.07, 6.45) is 4.13. The minimum atomic E-state index is -0.0338. The smallest absolute Gasteiger partial charge is 0.323 e. The lowest BCUT2D eigenvalue weighted by Crippen LogP contribution is -2.34. The van der Waals surface area contributed by atoms with E-state index in [2.05, 4.69) is 11.8 Å². The zero-order valence-electron chi connectivity index (χ0n) is 8.58. The lowest BCUT2D eigenvalue weighted by atomic mass is 10.2. The molecule has 1 heterocycles. The molecule has 0 radical (unpaired) electrons. The molecule has 76 valence electrons. The molecule has 0 bridgehead atoms. The van der Waals surface area contributed by atoms with E-state index in [1.54, 1.807) is 0 Å². The third kappa shape index (κ3) is 2.99. The van der Waals surface area contributed by atoms with E-state index in [4.69, 9.17) is 4.74 Å². The first-order valence-electron chi connectivity index (χ1n) is 5.12. The standard InChI is InChI=1S/C10H19NO2/c1-3-4-8-13-10(12)9-6-5-7-11(9)2/h9H,3-8H2,1-2H3/t9-/m1/s1.